The molecule has 0 spiro atoms. The van der Waals surface area contributed by atoms with Crippen LogP contribution in [0.1, 0.15) is 56.5 Å². The molecule has 5 rings (SSSR count). The van der Waals surface area contributed by atoms with Crippen molar-refractivity contribution in [3.05, 3.63) is 53.3 Å². The Labute approximate surface area is 213 Å². The maximum atomic E-state index is 12.4. The third-order valence-corrected chi connectivity index (χ3v) is 7.10. The first-order valence-corrected chi connectivity index (χ1v) is 13.1. The summed E-state index contributed by atoms with van der Waals surface area (Å²) in [5, 5.41) is 1.17. The third-order valence-electron chi connectivity index (χ3n) is 7.10. The van der Waals surface area contributed by atoms with Crippen molar-refractivity contribution in [1.29, 1.82) is 0 Å². The van der Waals surface area contributed by atoms with Gasteiger partial charge in [-0.1, -0.05) is 24.3 Å². The molecular weight excluding hydrogens is 452 g/mol. The SMILES string of the molecule is Cc1cc2[nH]c(CN3CCOCC3)cc2c(-c2ccc(C3CCN(C(=O)OC(C)(C)C)CC3)cc2)n1. The number of benzene rings is 1. The van der Waals surface area contributed by atoms with E-state index in [0.717, 1.165) is 81.2 Å². The molecule has 0 radical (unpaired) electrons. The highest BCUT2D eigenvalue weighted by atomic mass is 16.6. The molecule has 0 bridgehead atoms. The minimum Gasteiger partial charge on any atom is -0.444 e. The van der Waals surface area contributed by atoms with E-state index in [9.17, 15) is 4.79 Å². The van der Waals surface area contributed by atoms with Crippen molar-refractivity contribution in [2.75, 3.05) is 39.4 Å². The van der Waals surface area contributed by atoms with Crippen LogP contribution in [0, 0.1) is 6.92 Å². The highest BCUT2D eigenvalue weighted by Gasteiger charge is 2.27. The van der Waals surface area contributed by atoms with Gasteiger partial charge in [0.15, 0.2) is 0 Å². The summed E-state index contributed by atoms with van der Waals surface area (Å²) >= 11 is 0. The third kappa shape index (κ3) is 5.73. The van der Waals surface area contributed by atoms with Crippen molar-refractivity contribution in [2.45, 2.75) is 58.6 Å². The van der Waals surface area contributed by atoms with Crippen LogP contribution in [0.5, 0.6) is 0 Å². The van der Waals surface area contributed by atoms with Crippen LogP contribution in [-0.2, 0) is 16.0 Å². The van der Waals surface area contributed by atoms with Crippen LogP contribution in [0.3, 0.4) is 0 Å². The maximum absolute atomic E-state index is 12.4. The van der Waals surface area contributed by atoms with E-state index in [1.54, 1.807) is 0 Å². The maximum Gasteiger partial charge on any atom is 0.410 e. The quantitative estimate of drug-likeness (QED) is 0.524. The zero-order valence-corrected chi connectivity index (χ0v) is 22.0. The van der Waals surface area contributed by atoms with Crippen LogP contribution in [-0.4, -0.2) is 70.9 Å². The van der Waals surface area contributed by atoms with Crippen molar-refractivity contribution >= 4 is 17.0 Å². The summed E-state index contributed by atoms with van der Waals surface area (Å²) in [6.07, 6.45) is 1.70. The van der Waals surface area contributed by atoms with Gasteiger partial charge in [0, 0.05) is 60.6 Å². The van der Waals surface area contributed by atoms with Crippen molar-refractivity contribution < 1.29 is 14.3 Å². The molecule has 192 valence electrons. The lowest BCUT2D eigenvalue weighted by Gasteiger charge is -2.33. The van der Waals surface area contributed by atoms with Gasteiger partial charge in [-0.15, -0.1) is 0 Å². The molecule has 0 aliphatic carbocycles. The fraction of sp³-hybridized carbons (Fsp3) is 0.517. The Bertz CT molecular complexity index is 1200. The topological polar surface area (TPSA) is 70.7 Å². The molecule has 7 nitrogen and oxygen atoms in total. The van der Waals surface area contributed by atoms with Gasteiger partial charge in [-0.05, 0) is 64.2 Å². The summed E-state index contributed by atoms with van der Waals surface area (Å²) in [6.45, 7) is 13.7. The van der Waals surface area contributed by atoms with E-state index in [2.05, 4.69) is 53.2 Å². The van der Waals surface area contributed by atoms with Crippen LogP contribution in [0.4, 0.5) is 4.79 Å². The van der Waals surface area contributed by atoms with Crippen molar-refractivity contribution in [3.63, 3.8) is 0 Å². The summed E-state index contributed by atoms with van der Waals surface area (Å²) in [5.74, 6) is 0.454. The van der Waals surface area contributed by atoms with Gasteiger partial charge in [-0.3, -0.25) is 9.88 Å². The number of nitrogens with zero attached hydrogens (tertiary/aromatic N) is 3. The van der Waals surface area contributed by atoms with Crippen LogP contribution in [0.25, 0.3) is 22.2 Å². The van der Waals surface area contributed by atoms with Crippen LogP contribution in [0.15, 0.2) is 36.4 Å². The number of carbonyl (C=O) groups is 1. The van der Waals surface area contributed by atoms with E-state index in [1.807, 2.05) is 25.7 Å². The number of rotatable bonds is 4. The van der Waals surface area contributed by atoms with E-state index in [4.69, 9.17) is 14.5 Å². The zero-order valence-electron chi connectivity index (χ0n) is 22.0. The Hall–Kier alpha value is -2.90. The van der Waals surface area contributed by atoms with Gasteiger partial charge in [0.25, 0.3) is 0 Å². The second-order valence-corrected chi connectivity index (χ2v) is 11.1. The number of pyridine rings is 1. The molecule has 1 amide bonds. The second kappa shape index (κ2) is 10.2. The van der Waals surface area contributed by atoms with Gasteiger partial charge in [-0.2, -0.15) is 0 Å². The number of hydrogen-bond acceptors (Lipinski definition) is 5. The molecule has 4 heterocycles. The molecule has 2 aliphatic heterocycles. The summed E-state index contributed by atoms with van der Waals surface area (Å²) in [7, 11) is 0. The molecule has 2 aliphatic rings. The van der Waals surface area contributed by atoms with Crippen LogP contribution < -0.4 is 0 Å². The van der Waals surface area contributed by atoms with Gasteiger partial charge in [-0.25, -0.2) is 4.79 Å². The monoisotopic (exact) mass is 490 g/mol. The molecule has 1 N–H and O–H groups in total. The van der Waals surface area contributed by atoms with Gasteiger partial charge in [0.1, 0.15) is 5.60 Å². The summed E-state index contributed by atoms with van der Waals surface area (Å²) in [6, 6.07) is 13.3. The first kappa shape index (κ1) is 24.8. The number of H-pyrrole nitrogens is 1. The highest BCUT2D eigenvalue weighted by molar-refractivity contribution is 5.93. The Morgan fingerprint density at radius 2 is 1.78 bits per heavy atom. The van der Waals surface area contributed by atoms with Gasteiger partial charge in [0.05, 0.1) is 18.9 Å². The van der Waals surface area contributed by atoms with E-state index < -0.39 is 5.60 Å². The van der Waals surface area contributed by atoms with Crippen molar-refractivity contribution in [1.82, 2.24) is 19.8 Å². The van der Waals surface area contributed by atoms with Gasteiger partial charge in [0.2, 0.25) is 0 Å². The number of aryl methyl sites for hydroxylation is 1. The number of likely N-dealkylation sites (tertiary alicyclic amines) is 1. The predicted octanol–water partition coefficient (Wildman–Crippen LogP) is 5.49. The number of nitrogens with one attached hydrogen (secondary N) is 1. The molecule has 1 aromatic carbocycles. The van der Waals surface area contributed by atoms with E-state index in [1.165, 1.54) is 16.6 Å². The fourth-order valence-electron chi connectivity index (χ4n) is 5.26. The molecule has 0 unspecified atom stereocenters. The fourth-order valence-corrected chi connectivity index (χ4v) is 5.26. The molecule has 7 heteroatoms. The molecule has 3 aromatic rings. The Balaban J connectivity index is 1.29. The predicted molar refractivity (Wildman–Crippen MR) is 142 cm³/mol. The highest BCUT2D eigenvalue weighted by Crippen LogP contribution is 2.33. The number of fused-ring (bicyclic) bond motifs is 1. The average Bonchev–Trinajstić information content (AvgIpc) is 3.25. The smallest absolute Gasteiger partial charge is 0.410 e. The minimum absolute atomic E-state index is 0.203. The number of aromatic amines is 1. The average molecular weight is 491 g/mol. The number of amides is 1. The largest absolute Gasteiger partial charge is 0.444 e. The number of ether oxygens (including phenoxy) is 2. The summed E-state index contributed by atoms with van der Waals surface area (Å²) in [5.41, 5.74) is 6.40. The first-order chi connectivity index (χ1) is 17.2. The summed E-state index contributed by atoms with van der Waals surface area (Å²) < 4.78 is 11.0. The molecule has 0 saturated carbocycles. The van der Waals surface area contributed by atoms with E-state index in [-0.39, 0.29) is 6.09 Å². The van der Waals surface area contributed by atoms with Gasteiger partial charge >= 0.3 is 6.09 Å². The molecule has 2 saturated heterocycles. The number of hydrogen-bond donors (Lipinski definition) is 1. The summed E-state index contributed by atoms with van der Waals surface area (Å²) in [4.78, 5) is 25.2. The normalized spacial score (nSPS) is 18.1. The Morgan fingerprint density at radius 1 is 1.08 bits per heavy atom. The minimum atomic E-state index is -0.457. The molecule has 0 atom stereocenters. The lowest BCUT2D eigenvalue weighted by Crippen LogP contribution is -2.41. The number of piperidine rings is 1. The lowest BCUT2D eigenvalue weighted by molar-refractivity contribution is 0.0205. The Kier molecular flexibility index (Phi) is 7.04. The van der Waals surface area contributed by atoms with Gasteiger partial charge < -0.3 is 19.4 Å². The molecule has 2 fully saturated rings. The van der Waals surface area contributed by atoms with Crippen LogP contribution >= 0.6 is 0 Å². The van der Waals surface area contributed by atoms with Crippen LogP contribution in [0.2, 0.25) is 0 Å². The second-order valence-electron chi connectivity index (χ2n) is 11.1. The first-order valence-electron chi connectivity index (χ1n) is 13.1. The number of aromatic nitrogens is 2. The lowest BCUT2D eigenvalue weighted by atomic mass is 9.89. The molecular formula is C29H38N4O3. The number of morpholine rings is 1. The number of carbonyl (C=O) groups excluding carboxylic acids is 1. The van der Waals surface area contributed by atoms with E-state index in [0.29, 0.717) is 5.92 Å². The van der Waals surface area contributed by atoms with Crippen molar-refractivity contribution in [2.24, 2.45) is 0 Å². The standard InChI is InChI=1S/C29H38N4O3/c1-20-17-26-25(18-24(31-26)19-32-13-15-35-16-14-32)27(30-20)23-7-5-21(6-8-23)22-9-11-33(12-10-22)28(34)36-29(2,3)4/h5-8,17-18,22,31H,9-16,19H2,1-4H3. The molecule has 36 heavy (non-hydrogen) atoms. The Morgan fingerprint density at radius 3 is 2.44 bits per heavy atom. The van der Waals surface area contributed by atoms with Crippen molar-refractivity contribution in [3.8, 4) is 11.3 Å². The zero-order chi connectivity index (χ0) is 25.3. The van der Waals surface area contributed by atoms with E-state index >= 15 is 0 Å². The molecule has 2 aromatic heterocycles.